The van der Waals surface area contributed by atoms with E-state index in [4.69, 9.17) is 9.47 Å². The van der Waals surface area contributed by atoms with Crippen LogP contribution in [0, 0.1) is 17.5 Å². The lowest BCUT2D eigenvalue weighted by Gasteiger charge is -2.17. The molecule has 0 amide bonds. The molecule has 0 heterocycles. The van der Waals surface area contributed by atoms with Gasteiger partial charge in [-0.2, -0.15) is 0 Å². The van der Waals surface area contributed by atoms with Crippen molar-refractivity contribution in [3.63, 3.8) is 0 Å². The van der Waals surface area contributed by atoms with Crippen molar-refractivity contribution in [1.29, 1.82) is 0 Å². The van der Waals surface area contributed by atoms with E-state index in [0.29, 0.717) is 0 Å². The average Bonchev–Trinajstić information content (AvgIpc) is 2.45. The zero-order valence-corrected chi connectivity index (χ0v) is 11.4. The van der Waals surface area contributed by atoms with E-state index >= 15 is 0 Å². The molecule has 0 aliphatic carbocycles. The van der Waals surface area contributed by atoms with E-state index in [1.807, 2.05) is 0 Å². The van der Waals surface area contributed by atoms with E-state index < -0.39 is 29.1 Å². The fourth-order valence-electron chi connectivity index (χ4n) is 2.05. The molecule has 0 radical (unpaired) electrons. The number of benzene rings is 2. The molecule has 2 aromatic carbocycles. The van der Waals surface area contributed by atoms with Crippen molar-refractivity contribution in [3.05, 3.63) is 58.9 Å². The zero-order valence-electron chi connectivity index (χ0n) is 11.4. The predicted octanol–water partition coefficient (Wildman–Crippen LogP) is 3.20. The normalized spacial score (nSPS) is 12.1. The van der Waals surface area contributed by atoms with E-state index in [1.165, 1.54) is 26.4 Å². The van der Waals surface area contributed by atoms with Crippen LogP contribution < -0.4 is 9.47 Å². The Labute approximate surface area is 119 Å². The van der Waals surface area contributed by atoms with Crippen molar-refractivity contribution in [3.8, 4) is 11.5 Å². The van der Waals surface area contributed by atoms with Gasteiger partial charge in [-0.1, -0.05) is 6.07 Å². The summed E-state index contributed by atoms with van der Waals surface area (Å²) in [4.78, 5) is 0. The molecule has 0 bridgehead atoms. The van der Waals surface area contributed by atoms with Gasteiger partial charge in [0.25, 0.3) is 0 Å². The second-order valence-corrected chi connectivity index (χ2v) is 4.26. The SMILES string of the molecule is COc1cc(F)c(C(O)c2c(F)cccc2OC)c(F)c1. The minimum Gasteiger partial charge on any atom is -0.497 e. The summed E-state index contributed by atoms with van der Waals surface area (Å²) in [6.45, 7) is 0. The molecule has 0 aliphatic heterocycles. The second-order valence-electron chi connectivity index (χ2n) is 4.26. The van der Waals surface area contributed by atoms with Gasteiger partial charge in [-0.25, -0.2) is 13.2 Å². The summed E-state index contributed by atoms with van der Waals surface area (Å²) in [5, 5.41) is 10.2. The Kier molecular flexibility index (Phi) is 4.37. The lowest BCUT2D eigenvalue weighted by Crippen LogP contribution is -2.10. The van der Waals surface area contributed by atoms with Crippen molar-refractivity contribution in [1.82, 2.24) is 0 Å². The molecule has 0 aromatic heterocycles. The third kappa shape index (κ3) is 2.80. The molecule has 2 aromatic rings. The fraction of sp³-hybridized carbons (Fsp3) is 0.200. The molecule has 2 rings (SSSR count). The molecule has 0 fully saturated rings. The molecule has 0 spiro atoms. The summed E-state index contributed by atoms with van der Waals surface area (Å²) in [7, 11) is 2.52. The van der Waals surface area contributed by atoms with Gasteiger partial charge in [-0.15, -0.1) is 0 Å². The van der Waals surface area contributed by atoms with Crippen LogP contribution in [0.4, 0.5) is 13.2 Å². The molecule has 1 atom stereocenters. The van der Waals surface area contributed by atoms with E-state index in [0.717, 1.165) is 18.2 Å². The van der Waals surface area contributed by atoms with E-state index in [2.05, 4.69) is 0 Å². The molecule has 21 heavy (non-hydrogen) atoms. The lowest BCUT2D eigenvalue weighted by atomic mass is 9.99. The van der Waals surface area contributed by atoms with Crippen molar-refractivity contribution < 1.29 is 27.8 Å². The minimum absolute atomic E-state index is 0.00267. The van der Waals surface area contributed by atoms with Crippen LogP contribution in [0.3, 0.4) is 0 Å². The van der Waals surface area contributed by atoms with Crippen LogP contribution in [0.1, 0.15) is 17.2 Å². The number of aliphatic hydroxyl groups is 1. The standard InChI is InChI=1S/C15H13F3O3/c1-20-8-6-10(17)13(11(18)7-8)15(19)14-9(16)4-3-5-12(14)21-2/h3-7,15,19H,1-2H3. The Morgan fingerprint density at radius 2 is 1.52 bits per heavy atom. The third-order valence-corrected chi connectivity index (χ3v) is 3.07. The number of hydrogen-bond donors (Lipinski definition) is 1. The Bertz CT molecular complexity index is 636. The van der Waals surface area contributed by atoms with Crippen LogP contribution in [0.25, 0.3) is 0 Å². The average molecular weight is 298 g/mol. The first-order valence-electron chi connectivity index (χ1n) is 6.03. The van der Waals surface area contributed by atoms with Gasteiger partial charge in [-0.3, -0.25) is 0 Å². The Morgan fingerprint density at radius 3 is 2.05 bits per heavy atom. The van der Waals surface area contributed by atoms with Crippen LogP contribution >= 0.6 is 0 Å². The molecule has 6 heteroatoms. The minimum atomic E-state index is -1.84. The largest absolute Gasteiger partial charge is 0.497 e. The van der Waals surface area contributed by atoms with Gasteiger partial charge in [0.15, 0.2) is 0 Å². The summed E-state index contributed by atoms with van der Waals surface area (Å²) in [6.07, 6.45) is -1.84. The monoisotopic (exact) mass is 298 g/mol. The summed E-state index contributed by atoms with van der Waals surface area (Å²) in [5.41, 5.74) is -0.998. The molecular weight excluding hydrogens is 285 g/mol. The molecule has 1 N–H and O–H groups in total. The van der Waals surface area contributed by atoms with Crippen LogP contribution in [-0.2, 0) is 0 Å². The Morgan fingerprint density at radius 1 is 0.905 bits per heavy atom. The van der Waals surface area contributed by atoms with Crippen LogP contribution in [-0.4, -0.2) is 19.3 Å². The Hall–Kier alpha value is -2.21. The second kappa shape index (κ2) is 6.05. The summed E-state index contributed by atoms with van der Waals surface area (Å²) in [6, 6.07) is 5.65. The number of rotatable bonds is 4. The first-order valence-corrected chi connectivity index (χ1v) is 6.03. The summed E-state index contributed by atoms with van der Waals surface area (Å²) >= 11 is 0. The maximum Gasteiger partial charge on any atom is 0.135 e. The van der Waals surface area contributed by atoms with Gasteiger partial charge >= 0.3 is 0 Å². The number of methoxy groups -OCH3 is 2. The van der Waals surface area contributed by atoms with Gasteiger partial charge in [-0.05, 0) is 12.1 Å². The third-order valence-electron chi connectivity index (χ3n) is 3.07. The van der Waals surface area contributed by atoms with Gasteiger partial charge in [0.05, 0.1) is 25.3 Å². The van der Waals surface area contributed by atoms with Gasteiger partial charge < -0.3 is 14.6 Å². The lowest BCUT2D eigenvalue weighted by molar-refractivity contribution is 0.198. The molecule has 0 aliphatic rings. The number of ether oxygens (including phenoxy) is 2. The molecular formula is C15H13F3O3. The van der Waals surface area contributed by atoms with Gasteiger partial charge in [0, 0.05) is 12.1 Å². The number of aliphatic hydroxyl groups excluding tert-OH is 1. The molecule has 1 unspecified atom stereocenters. The molecule has 0 saturated heterocycles. The highest BCUT2D eigenvalue weighted by molar-refractivity contribution is 5.43. The molecule has 112 valence electrons. The first-order chi connectivity index (χ1) is 9.99. The molecule has 0 saturated carbocycles. The smallest absolute Gasteiger partial charge is 0.135 e. The van der Waals surface area contributed by atoms with E-state index in [9.17, 15) is 18.3 Å². The maximum absolute atomic E-state index is 14.0. The fourth-order valence-corrected chi connectivity index (χ4v) is 2.05. The van der Waals surface area contributed by atoms with Crippen LogP contribution in [0.5, 0.6) is 11.5 Å². The van der Waals surface area contributed by atoms with Crippen molar-refractivity contribution in [2.75, 3.05) is 14.2 Å². The highest BCUT2D eigenvalue weighted by atomic mass is 19.1. The van der Waals surface area contributed by atoms with Crippen molar-refractivity contribution in [2.45, 2.75) is 6.10 Å². The number of halogens is 3. The number of hydrogen-bond acceptors (Lipinski definition) is 3. The molecule has 3 nitrogen and oxygen atoms in total. The highest BCUT2D eigenvalue weighted by Gasteiger charge is 2.26. The van der Waals surface area contributed by atoms with E-state index in [1.54, 1.807) is 0 Å². The van der Waals surface area contributed by atoms with Crippen LogP contribution in [0.2, 0.25) is 0 Å². The topological polar surface area (TPSA) is 38.7 Å². The first kappa shape index (κ1) is 15.2. The Balaban J connectivity index is 2.58. The van der Waals surface area contributed by atoms with Gasteiger partial charge in [0.2, 0.25) is 0 Å². The maximum atomic E-state index is 14.0. The zero-order chi connectivity index (χ0) is 15.6. The van der Waals surface area contributed by atoms with Gasteiger partial charge in [0.1, 0.15) is 35.1 Å². The quantitative estimate of drug-likeness (QED) is 0.942. The van der Waals surface area contributed by atoms with Crippen molar-refractivity contribution >= 4 is 0 Å². The predicted molar refractivity (Wildman–Crippen MR) is 69.9 cm³/mol. The van der Waals surface area contributed by atoms with Crippen LogP contribution in [0.15, 0.2) is 30.3 Å². The summed E-state index contributed by atoms with van der Waals surface area (Å²) in [5.74, 6) is -2.94. The van der Waals surface area contributed by atoms with Crippen molar-refractivity contribution in [2.24, 2.45) is 0 Å². The summed E-state index contributed by atoms with van der Waals surface area (Å²) < 4.78 is 51.4. The van der Waals surface area contributed by atoms with E-state index in [-0.39, 0.29) is 17.1 Å². The highest BCUT2D eigenvalue weighted by Crippen LogP contribution is 2.35.